The van der Waals surface area contributed by atoms with Gasteiger partial charge in [0, 0.05) is 34.5 Å². The molecule has 5 nitrogen and oxygen atoms in total. The molecule has 0 fully saturated rings. The Morgan fingerprint density at radius 2 is 1.48 bits per heavy atom. The summed E-state index contributed by atoms with van der Waals surface area (Å²) in [7, 11) is 0. The van der Waals surface area contributed by atoms with E-state index in [1.54, 1.807) is 0 Å². The Morgan fingerprint density at radius 1 is 0.692 bits per heavy atom. The number of hydrogen-bond acceptors (Lipinski definition) is 3. The van der Waals surface area contributed by atoms with Gasteiger partial charge in [-0.15, -0.1) is 35.7 Å². The number of unbranched alkanes of at least 4 members (excludes halogenated alkanes) is 4. The number of hydrogen-bond donors (Lipinski definition) is 0. The number of ether oxygens (including phenoxy) is 1. The predicted molar refractivity (Wildman–Crippen MR) is 211 cm³/mol. The normalized spacial score (nSPS) is 11.3. The number of nitrogens with zero attached hydrogens (tertiary/aromatic N) is 4. The number of fused-ring (bicyclic) bond motifs is 3. The summed E-state index contributed by atoms with van der Waals surface area (Å²) in [6, 6.07) is 39.1. The van der Waals surface area contributed by atoms with E-state index in [1.165, 1.54) is 48.1 Å². The molecule has 0 radical (unpaired) electrons. The number of para-hydroxylation sites is 1. The van der Waals surface area contributed by atoms with Crippen LogP contribution in [0.1, 0.15) is 88.2 Å². The van der Waals surface area contributed by atoms with E-state index in [0.29, 0.717) is 11.5 Å². The number of benzene rings is 4. The molecule has 268 valence electrons. The van der Waals surface area contributed by atoms with Gasteiger partial charge in [-0.2, -0.15) is 17.2 Å². The average Bonchev–Trinajstić information content (AvgIpc) is 3.67. The minimum Gasteiger partial charge on any atom is -0.509 e. The molecule has 7 aromatic rings. The summed E-state index contributed by atoms with van der Waals surface area (Å²) in [6.07, 6.45) is 13.2. The molecule has 0 aliphatic rings. The van der Waals surface area contributed by atoms with Crippen molar-refractivity contribution < 1.29 is 25.8 Å². The molecule has 0 aliphatic heterocycles. The Kier molecular flexibility index (Phi) is 12.5. The van der Waals surface area contributed by atoms with Crippen molar-refractivity contribution in [2.75, 3.05) is 0 Å². The molecular weight excluding hydrogens is 820 g/mol. The van der Waals surface area contributed by atoms with E-state index in [1.807, 2.05) is 30.5 Å². The second-order valence-electron chi connectivity index (χ2n) is 13.7. The Labute approximate surface area is 323 Å². The van der Waals surface area contributed by atoms with Crippen molar-refractivity contribution in [3.63, 3.8) is 0 Å². The number of pyridine rings is 1. The molecule has 52 heavy (non-hydrogen) atoms. The molecule has 0 unspecified atom stereocenters. The molecule has 3 heterocycles. The Morgan fingerprint density at radius 3 is 2.27 bits per heavy atom. The van der Waals surface area contributed by atoms with Crippen LogP contribution < -0.4 is 4.74 Å². The molecule has 0 N–H and O–H groups in total. The fourth-order valence-electron chi connectivity index (χ4n) is 7.25. The zero-order valence-corrected chi connectivity index (χ0v) is 33.1. The van der Waals surface area contributed by atoms with E-state index in [-0.39, 0.29) is 21.1 Å². The number of aromatic nitrogens is 4. The fraction of sp³-hybridized carbons (Fsp3) is 0.304. The van der Waals surface area contributed by atoms with Gasteiger partial charge < -0.3 is 9.30 Å². The van der Waals surface area contributed by atoms with Crippen LogP contribution >= 0.6 is 0 Å². The van der Waals surface area contributed by atoms with E-state index >= 15 is 0 Å². The van der Waals surface area contributed by atoms with Crippen LogP contribution in [0, 0.1) is 19.1 Å². The molecule has 0 bridgehead atoms. The summed E-state index contributed by atoms with van der Waals surface area (Å²) in [5, 5.41) is 7.57. The van der Waals surface area contributed by atoms with Crippen molar-refractivity contribution in [2.24, 2.45) is 0 Å². The first-order chi connectivity index (χ1) is 25.1. The van der Waals surface area contributed by atoms with Crippen LogP contribution in [0.25, 0.3) is 44.4 Å². The first kappa shape index (κ1) is 37.3. The molecule has 0 saturated carbocycles. The standard InChI is InChI=1S/C46H48N4O.Pt/c1-5-8-9-10-11-21-43-46(35-24-22-34(15-6-2)23-25-35)41(16-7-3)48-50(43)36-17-14-18-37(31-36)51-38-26-27-40-39-19-12-13-20-42(39)49(44(40)32-38)45-30-33(4)28-29-47-45;/h12-14,17-20,22-30H,5-11,15-16,21H2,1-4H3;/q-2;+2. The maximum absolute atomic E-state index is 6.54. The molecule has 3 aromatic heterocycles. The Hall–Kier alpha value is -4.47. The van der Waals surface area contributed by atoms with Gasteiger partial charge in [0.15, 0.2) is 0 Å². The predicted octanol–water partition coefficient (Wildman–Crippen LogP) is 12.1. The van der Waals surface area contributed by atoms with Crippen molar-refractivity contribution in [2.45, 2.75) is 91.9 Å². The second-order valence-corrected chi connectivity index (χ2v) is 13.7. The summed E-state index contributed by atoms with van der Waals surface area (Å²) < 4.78 is 10.9. The molecule has 4 aromatic carbocycles. The molecule has 0 aliphatic carbocycles. The van der Waals surface area contributed by atoms with Gasteiger partial charge in [0.25, 0.3) is 0 Å². The van der Waals surface area contributed by atoms with Crippen LogP contribution in [-0.2, 0) is 40.3 Å². The molecule has 0 saturated heterocycles. The monoisotopic (exact) mass is 867 g/mol. The summed E-state index contributed by atoms with van der Waals surface area (Å²) >= 11 is 0. The van der Waals surface area contributed by atoms with Crippen molar-refractivity contribution in [3.8, 4) is 34.1 Å². The van der Waals surface area contributed by atoms with E-state index in [2.05, 4.69) is 116 Å². The van der Waals surface area contributed by atoms with Crippen molar-refractivity contribution >= 4 is 21.8 Å². The maximum atomic E-state index is 6.54. The first-order valence-corrected chi connectivity index (χ1v) is 18.9. The summed E-state index contributed by atoms with van der Waals surface area (Å²) in [6.45, 7) is 8.84. The van der Waals surface area contributed by atoms with Crippen LogP contribution in [-0.4, -0.2) is 19.3 Å². The van der Waals surface area contributed by atoms with Crippen LogP contribution in [0.3, 0.4) is 0 Å². The quantitative estimate of drug-likeness (QED) is 0.0762. The van der Waals surface area contributed by atoms with Crippen LogP contribution in [0.2, 0.25) is 0 Å². The third-order valence-electron chi connectivity index (χ3n) is 9.73. The summed E-state index contributed by atoms with van der Waals surface area (Å²) in [5.74, 6) is 2.12. The second kappa shape index (κ2) is 17.4. The van der Waals surface area contributed by atoms with Crippen molar-refractivity contribution in [1.82, 2.24) is 19.3 Å². The summed E-state index contributed by atoms with van der Waals surface area (Å²) in [5.41, 5.74) is 10.4. The Balaban J connectivity index is 0.00000464. The third kappa shape index (κ3) is 7.95. The zero-order chi connectivity index (χ0) is 35.2. The first-order valence-electron chi connectivity index (χ1n) is 18.9. The number of rotatable bonds is 15. The van der Waals surface area contributed by atoms with E-state index in [4.69, 9.17) is 14.8 Å². The number of aryl methyl sites for hydroxylation is 3. The van der Waals surface area contributed by atoms with Crippen LogP contribution in [0.5, 0.6) is 11.5 Å². The largest absolute Gasteiger partial charge is 2.00 e. The minimum atomic E-state index is 0. The minimum absolute atomic E-state index is 0. The fourth-order valence-corrected chi connectivity index (χ4v) is 7.25. The molecule has 7 rings (SSSR count). The average molecular weight is 868 g/mol. The van der Waals surface area contributed by atoms with Gasteiger partial charge in [-0.3, -0.25) is 4.68 Å². The SMILES string of the molecule is CCCCCCCc1c(-c2ccc(CCC)cc2)c(CCC)nn1-c1[c-]c(Oc2[c-]c3c(cc2)c2ccccc2n3-c2cc(C)ccn2)ccc1.[Pt+2]. The molecule has 0 amide bonds. The topological polar surface area (TPSA) is 44.9 Å². The van der Waals surface area contributed by atoms with E-state index < -0.39 is 0 Å². The van der Waals surface area contributed by atoms with E-state index in [9.17, 15) is 0 Å². The van der Waals surface area contributed by atoms with Gasteiger partial charge in [0.1, 0.15) is 5.82 Å². The Bertz CT molecular complexity index is 2250. The van der Waals surface area contributed by atoms with Crippen LogP contribution in [0.15, 0.2) is 97.2 Å². The van der Waals surface area contributed by atoms with Gasteiger partial charge >= 0.3 is 21.1 Å². The van der Waals surface area contributed by atoms with Gasteiger partial charge in [-0.1, -0.05) is 107 Å². The zero-order valence-electron chi connectivity index (χ0n) is 30.8. The molecule has 0 atom stereocenters. The molecular formula is C46H48N4OPt. The van der Waals surface area contributed by atoms with Gasteiger partial charge in [-0.05, 0) is 78.6 Å². The summed E-state index contributed by atoms with van der Waals surface area (Å²) in [4.78, 5) is 4.73. The smallest absolute Gasteiger partial charge is 0.509 e. The van der Waals surface area contributed by atoms with Gasteiger partial charge in [0.2, 0.25) is 0 Å². The van der Waals surface area contributed by atoms with E-state index in [0.717, 1.165) is 83.1 Å². The van der Waals surface area contributed by atoms with Gasteiger partial charge in [0.05, 0.1) is 5.69 Å². The van der Waals surface area contributed by atoms with Crippen molar-refractivity contribution in [1.29, 1.82) is 0 Å². The van der Waals surface area contributed by atoms with Crippen LogP contribution in [0.4, 0.5) is 0 Å². The van der Waals surface area contributed by atoms with Gasteiger partial charge in [-0.25, -0.2) is 4.98 Å². The van der Waals surface area contributed by atoms with Crippen molar-refractivity contribution in [3.05, 3.63) is 132 Å². The molecule has 0 spiro atoms. The third-order valence-corrected chi connectivity index (χ3v) is 9.73. The maximum Gasteiger partial charge on any atom is 2.00 e. The molecule has 6 heteroatoms.